The highest BCUT2D eigenvalue weighted by Gasteiger charge is 2.27. The summed E-state index contributed by atoms with van der Waals surface area (Å²) in [6.07, 6.45) is 2.46. The molecule has 0 radical (unpaired) electrons. The molecule has 1 aliphatic rings. The number of hydrogen-bond acceptors (Lipinski definition) is 12. The molecule has 0 unspecified atom stereocenters. The van der Waals surface area contributed by atoms with E-state index < -0.39 is 15.9 Å². The molecule has 0 fully saturated rings. The number of fused-ring (bicyclic) bond motifs is 2. The lowest BCUT2D eigenvalue weighted by molar-refractivity contribution is 0.0974. The van der Waals surface area contributed by atoms with Gasteiger partial charge in [0, 0.05) is 30.9 Å². The van der Waals surface area contributed by atoms with Crippen molar-refractivity contribution in [3.8, 4) is 0 Å². The van der Waals surface area contributed by atoms with E-state index >= 15 is 0 Å². The molecule has 2 aromatic heterocycles. The third-order valence-electron chi connectivity index (χ3n) is 9.80. The molecule has 7 rings (SSSR count). The molecular weight excluding hydrogens is 761 g/mol. The van der Waals surface area contributed by atoms with E-state index in [2.05, 4.69) is 20.3 Å². The molecule has 13 nitrogen and oxygen atoms in total. The van der Waals surface area contributed by atoms with E-state index in [4.69, 9.17) is 4.98 Å². The molecule has 0 atom stereocenters. The van der Waals surface area contributed by atoms with Crippen LogP contribution in [0.4, 0.5) is 22.3 Å². The van der Waals surface area contributed by atoms with Crippen molar-refractivity contribution in [3.63, 3.8) is 0 Å². The van der Waals surface area contributed by atoms with Crippen LogP contribution in [0.1, 0.15) is 49.5 Å². The van der Waals surface area contributed by atoms with E-state index in [1.54, 1.807) is 6.07 Å². The Morgan fingerprint density at radius 1 is 0.877 bits per heavy atom. The molecule has 4 N–H and O–H groups in total. The molecule has 4 aromatic carbocycles. The highest BCUT2D eigenvalue weighted by Crippen LogP contribution is 2.30. The summed E-state index contributed by atoms with van der Waals surface area (Å²) in [5.74, 6) is -0.697. The summed E-state index contributed by atoms with van der Waals surface area (Å²) in [4.78, 5) is 40.8. The summed E-state index contributed by atoms with van der Waals surface area (Å²) in [6, 6.07) is 30.8. The average Bonchev–Trinajstić information content (AvgIpc) is 3.63. The number of carbonyl (C=O) groups is 2. The lowest BCUT2D eigenvalue weighted by Crippen LogP contribution is -2.35. The van der Waals surface area contributed by atoms with Gasteiger partial charge in [-0.15, -0.1) is 0 Å². The molecule has 294 valence electrons. The summed E-state index contributed by atoms with van der Waals surface area (Å²) in [7, 11) is -0.488. The van der Waals surface area contributed by atoms with Gasteiger partial charge in [-0.25, -0.2) is 23.1 Å². The van der Waals surface area contributed by atoms with Gasteiger partial charge in [0.15, 0.2) is 5.13 Å². The number of amides is 2. The van der Waals surface area contributed by atoms with Crippen LogP contribution in [0.15, 0.2) is 108 Å². The Bertz CT molecular complexity index is 2480. The normalized spacial score (nSPS) is 12.7. The number of aryl methyl sites for hydroxylation is 2. The van der Waals surface area contributed by atoms with E-state index in [9.17, 15) is 23.2 Å². The molecule has 0 saturated carbocycles. The van der Waals surface area contributed by atoms with E-state index in [0.717, 1.165) is 39.9 Å². The van der Waals surface area contributed by atoms with Gasteiger partial charge < -0.3 is 25.8 Å². The molecule has 0 spiro atoms. The minimum absolute atomic E-state index is 0.0268. The van der Waals surface area contributed by atoms with Gasteiger partial charge in [-0.3, -0.25) is 14.9 Å². The zero-order chi connectivity index (χ0) is 39.9. The average molecular weight is 804 g/mol. The molecule has 0 bridgehead atoms. The fraction of sp³-hybridized carbons (Fsp3) is 0.238. The van der Waals surface area contributed by atoms with Crippen molar-refractivity contribution in [2.45, 2.75) is 37.1 Å². The van der Waals surface area contributed by atoms with Crippen LogP contribution < -0.4 is 25.7 Å². The molecule has 1 aliphatic heterocycles. The maximum atomic E-state index is 14.0. The number of pyridine rings is 1. The Labute approximate surface area is 335 Å². The quantitative estimate of drug-likeness (QED) is 0.0645. The summed E-state index contributed by atoms with van der Waals surface area (Å²) in [5.41, 5.74) is 7.11. The fourth-order valence-corrected chi connectivity index (χ4v) is 8.67. The van der Waals surface area contributed by atoms with Crippen LogP contribution in [0.25, 0.3) is 10.2 Å². The van der Waals surface area contributed by atoms with Crippen LogP contribution in [0.2, 0.25) is 0 Å². The second kappa shape index (κ2) is 17.5. The maximum absolute atomic E-state index is 14.0. The predicted octanol–water partition coefficient (Wildman–Crippen LogP) is 6.68. The van der Waals surface area contributed by atoms with E-state index in [1.165, 1.54) is 29.5 Å². The monoisotopic (exact) mass is 803 g/mol. The zero-order valence-corrected chi connectivity index (χ0v) is 33.3. The minimum atomic E-state index is -4.42. The number of hydrogen-bond donors (Lipinski definition) is 4. The molecule has 0 saturated heterocycles. The van der Waals surface area contributed by atoms with Crippen molar-refractivity contribution in [1.29, 1.82) is 0 Å². The number of para-hydroxylation sites is 1. The zero-order valence-electron chi connectivity index (χ0n) is 31.6. The number of rotatable bonds is 15. The first-order valence-electron chi connectivity index (χ1n) is 18.6. The molecule has 15 heteroatoms. The number of carbonyl (C=O) groups excluding carboxylic acids is 2. The number of nitrogens with zero attached hydrogens (tertiary/aromatic N) is 4. The first kappa shape index (κ1) is 39.4. The number of benzene rings is 4. The summed E-state index contributed by atoms with van der Waals surface area (Å²) < 4.78 is 30.5. The van der Waals surface area contributed by atoms with E-state index in [0.29, 0.717) is 66.7 Å². The molecule has 0 aliphatic carbocycles. The molecule has 3 heterocycles. The van der Waals surface area contributed by atoms with Crippen molar-refractivity contribution in [1.82, 2.24) is 19.6 Å². The summed E-state index contributed by atoms with van der Waals surface area (Å²) in [5, 5.41) is 18.5. The number of thiazole rings is 1. The maximum Gasteiger partial charge on any atom is 0.283 e. The van der Waals surface area contributed by atoms with Crippen molar-refractivity contribution in [2.24, 2.45) is 0 Å². The molecule has 2 amide bonds. The van der Waals surface area contributed by atoms with Crippen LogP contribution in [0.3, 0.4) is 0 Å². The number of sulfonamides is 1. The van der Waals surface area contributed by atoms with Gasteiger partial charge in [-0.05, 0) is 111 Å². The Morgan fingerprint density at radius 3 is 2.47 bits per heavy atom. The standard InChI is InChI=1S/C42H43N8O5S2/c1-49(2)24-9-23-43-34-20-19-31(26-36(34)47-53)57(54,55)48-41(52)39-30(17-16-28-10-4-3-5-11-28)18-21-38(45-39)50-25-22-29-12-8-13-32(33(29)27-50)40(51)46-42-44-35-14-6-7-15-37(35)56-42/h3-8,10-15,18-21,26,43,47H,9,16-17,22-25,27H2,1-2H3,(H,48,52)(H,44,46,51)/q-1. The lowest BCUT2D eigenvalue weighted by atomic mass is 9.94. The molecule has 57 heavy (non-hydrogen) atoms. The topological polar surface area (TPSA) is 172 Å². The minimum Gasteiger partial charge on any atom is -0.761 e. The van der Waals surface area contributed by atoms with Crippen LogP contribution >= 0.6 is 11.3 Å². The van der Waals surface area contributed by atoms with Crippen molar-refractivity contribution >= 4 is 65.7 Å². The van der Waals surface area contributed by atoms with Gasteiger partial charge in [-0.1, -0.05) is 72.0 Å². The Balaban J connectivity index is 1.13. The van der Waals surface area contributed by atoms with Gasteiger partial charge >= 0.3 is 0 Å². The van der Waals surface area contributed by atoms with Crippen LogP contribution in [0.5, 0.6) is 0 Å². The van der Waals surface area contributed by atoms with Gasteiger partial charge in [0.2, 0.25) is 0 Å². The third-order valence-corrected chi connectivity index (χ3v) is 12.1. The van der Waals surface area contributed by atoms with E-state index in [1.807, 2.05) is 108 Å². The summed E-state index contributed by atoms with van der Waals surface area (Å²) in [6.45, 7) is 2.31. The number of nitrogens with one attached hydrogen (secondary N) is 4. The fourth-order valence-electron chi connectivity index (χ4n) is 6.83. The third kappa shape index (κ3) is 9.40. The van der Waals surface area contributed by atoms with E-state index in [-0.39, 0.29) is 22.2 Å². The van der Waals surface area contributed by atoms with Crippen molar-refractivity contribution in [2.75, 3.05) is 54.7 Å². The van der Waals surface area contributed by atoms with Crippen LogP contribution in [-0.4, -0.2) is 68.8 Å². The smallest absolute Gasteiger partial charge is 0.283 e. The lowest BCUT2D eigenvalue weighted by Gasteiger charge is -2.31. The Morgan fingerprint density at radius 2 is 1.68 bits per heavy atom. The predicted molar refractivity (Wildman–Crippen MR) is 227 cm³/mol. The van der Waals surface area contributed by atoms with Crippen LogP contribution in [-0.2, 0) is 35.8 Å². The largest absolute Gasteiger partial charge is 0.761 e. The Kier molecular flexibility index (Phi) is 12.1. The summed E-state index contributed by atoms with van der Waals surface area (Å²) >= 11 is 1.41. The number of aromatic nitrogens is 2. The first-order valence-corrected chi connectivity index (χ1v) is 20.9. The van der Waals surface area contributed by atoms with Gasteiger partial charge in [-0.2, -0.15) is 0 Å². The second-order valence-corrected chi connectivity index (χ2v) is 16.8. The molecular formula is C42H43N8O5S2-. The van der Waals surface area contributed by atoms with Crippen molar-refractivity contribution in [3.05, 3.63) is 142 Å². The van der Waals surface area contributed by atoms with Gasteiger partial charge in [0.1, 0.15) is 11.5 Å². The Hall–Kier alpha value is -5.87. The number of anilines is 4. The first-order chi connectivity index (χ1) is 27.6. The van der Waals surface area contributed by atoms with Crippen LogP contribution in [0, 0.1) is 5.21 Å². The second-order valence-electron chi connectivity index (χ2n) is 14.0. The highest BCUT2D eigenvalue weighted by atomic mass is 32.2. The molecule has 6 aromatic rings. The van der Waals surface area contributed by atoms with Gasteiger partial charge in [0.25, 0.3) is 21.8 Å². The SMILES string of the molecule is CN(C)CCCNc1ccc(S(=O)(=O)NC(=O)c2nc(N3CCc4cccc(C(=O)Nc5nc6ccccc6s5)c4C3)ccc2CCc2ccccc2)cc1N[O-]. The highest BCUT2D eigenvalue weighted by molar-refractivity contribution is 7.90. The van der Waals surface area contributed by atoms with Gasteiger partial charge in [0.05, 0.1) is 20.8 Å². The van der Waals surface area contributed by atoms with Crippen molar-refractivity contribution < 1.29 is 18.0 Å².